The maximum atomic E-state index is 13.1. The minimum absolute atomic E-state index is 0.0568. The minimum atomic E-state index is 0.0568. The highest BCUT2D eigenvalue weighted by molar-refractivity contribution is 6.32. The van der Waals surface area contributed by atoms with Gasteiger partial charge in [0, 0.05) is 19.1 Å². The lowest BCUT2D eigenvalue weighted by Gasteiger charge is -2.28. The summed E-state index contributed by atoms with van der Waals surface area (Å²) in [6, 6.07) is 7.79. The number of halogens is 1. The van der Waals surface area contributed by atoms with E-state index in [0.29, 0.717) is 10.6 Å². The molecule has 2 aromatic rings. The lowest BCUT2D eigenvalue weighted by atomic mass is 10.1. The summed E-state index contributed by atoms with van der Waals surface area (Å²) in [7, 11) is 0. The van der Waals surface area contributed by atoms with Crippen LogP contribution in [0.5, 0.6) is 0 Å². The zero-order valence-electron chi connectivity index (χ0n) is 14.1. The van der Waals surface area contributed by atoms with Gasteiger partial charge in [-0.05, 0) is 38.4 Å². The summed E-state index contributed by atoms with van der Waals surface area (Å²) in [6.07, 6.45) is 3.61. The zero-order valence-corrected chi connectivity index (χ0v) is 14.9. The van der Waals surface area contributed by atoms with Gasteiger partial charge in [0.1, 0.15) is 0 Å². The summed E-state index contributed by atoms with van der Waals surface area (Å²) in [4.78, 5) is 15.1. The Labute approximate surface area is 147 Å². The monoisotopic (exact) mass is 346 g/mol. The molecule has 1 saturated heterocycles. The maximum Gasteiger partial charge on any atom is 0.257 e. The number of carbonyl (C=O) groups is 1. The van der Waals surface area contributed by atoms with Crippen molar-refractivity contribution in [2.75, 3.05) is 19.6 Å². The number of benzene rings is 1. The standard InChI is InChI=1S/C18H23ClN4O/c1-3-10-22(14-8-9-20-11-14)18(24)15-12-21-23(13(15)2)17-7-5-4-6-16(17)19/h4-7,12,14,20H,3,8-11H2,1-2H3. The fourth-order valence-electron chi connectivity index (χ4n) is 3.24. The van der Waals surface area contributed by atoms with Gasteiger partial charge in [0.15, 0.2) is 0 Å². The molecule has 1 unspecified atom stereocenters. The summed E-state index contributed by atoms with van der Waals surface area (Å²) >= 11 is 6.27. The third kappa shape index (κ3) is 3.19. The number of aromatic nitrogens is 2. The Morgan fingerprint density at radius 1 is 1.46 bits per heavy atom. The number of amides is 1. The highest BCUT2D eigenvalue weighted by atomic mass is 35.5. The fraction of sp³-hybridized carbons (Fsp3) is 0.444. The molecule has 6 heteroatoms. The molecule has 1 aromatic carbocycles. The van der Waals surface area contributed by atoms with Crippen LogP contribution < -0.4 is 5.32 Å². The normalized spacial score (nSPS) is 17.2. The van der Waals surface area contributed by atoms with Crippen LogP contribution in [0.25, 0.3) is 5.69 Å². The SMILES string of the molecule is CCCN(C(=O)c1cnn(-c2ccccc2Cl)c1C)C1CCNC1. The Bertz CT molecular complexity index is 722. The largest absolute Gasteiger partial charge is 0.334 e. The first-order valence-corrected chi connectivity index (χ1v) is 8.82. The van der Waals surface area contributed by atoms with E-state index in [9.17, 15) is 4.79 Å². The number of para-hydroxylation sites is 1. The van der Waals surface area contributed by atoms with E-state index in [-0.39, 0.29) is 11.9 Å². The van der Waals surface area contributed by atoms with Crippen LogP contribution in [0.2, 0.25) is 5.02 Å². The van der Waals surface area contributed by atoms with Crippen LogP contribution in [-0.2, 0) is 0 Å². The minimum Gasteiger partial charge on any atom is -0.334 e. The maximum absolute atomic E-state index is 13.1. The molecule has 1 aliphatic heterocycles. The molecule has 1 fully saturated rings. The molecule has 0 radical (unpaired) electrons. The number of nitrogens with one attached hydrogen (secondary N) is 1. The van der Waals surface area contributed by atoms with Crippen molar-refractivity contribution in [3.05, 3.63) is 46.7 Å². The van der Waals surface area contributed by atoms with Gasteiger partial charge in [0.2, 0.25) is 0 Å². The number of rotatable bonds is 5. The average molecular weight is 347 g/mol. The lowest BCUT2D eigenvalue weighted by Crippen LogP contribution is -2.42. The van der Waals surface area contributed by atoms with Gasteiger partial charge in [-0.15, -0.1) is 0 Å². The second-order valence-corrected chi connectivity index (χ2v) is 6.56. The molecular formula is C18H23ClN4O. The molecule has 128 valence electrons. The van der Waals surface area contributed by atoms with E-state index in [0.717, 1.165) is 43.9 Å². The number of hydrogen-bond acceptors (Lipinski definition) is 3. The molecule has 2 heterocycles. The molecule has 1 amide bonds. The van der Waals surface area contributed by atoms with Gasteiger partial charge in [-0.25, -0.2) is 4.68 Å². The number of nitrogens with zero attached hydrogens (tertiary/aromatic N) is 3. The lowest BCUT2D eigenvalue weighted by molar-refractivity contribution is 0.0691. The molecule has 3 rings (SSSR count). The van der Waals surface area contributed by atoms with Crippen LogP contribution in [0.4, 0.5) is 0 Å². The summed E-state index contributed by atoms with van der Waals surface area (Å²) in [6.45, 7) is 6.62. The van der Waals surface area contributed by atoms with E-state index in [1.807, 2.05) is 36.1 Å². The topological polar surface area (TPSA) is 50.2 Å². The van der Waals surface area contributed by atoms with Crippen molar-refractivity contribution in [3.8, 4) is 5.69 Å². The molecule has 0 bridgehead atoms. The van der Waals surface area contributed by atoms with Gasteiger partial charge in [0.05, 0.1) is 28.2 Å². The first-order chi connectivity index (χ1) is 11.6. The Hall–Kier alpha value is -1.85. The summed E-state index contributed by atoms with van der Waals surface area (Å²) < 4.78 is 1.74. The Morgan fingerprint density at radius 2 is 2.25 bits per heavy atom. The van der Waals surface area contributed by atoms with E-state index in [4.69, 9.17) is 11.6 Å². The van der Waals surface area contributed by atoms with Crippen molar-refractivity contribution in [2.24, 2.45) is 0 Å². The predicted octanol–water partition coefficient (Wildman–Crippen LogP) is 3.05. The predicted molar refractivity (Wildman–Crippen MR) is 95.9 cm³/mol. The van der Waals surface area contributed by atoms with Crippen LogP contribution >= 0.6 is 11.6 Å². The number of carbonyl (C=O) groups excluding carboxylic acids is 1. The zero-order chi connectivity index (χ0) is 17.1. The van der Waals surface area contributed by atoms with E-state index in [1.165, 1.54) is 0 Å². The van der Waals surface area contributed by atoms with Crippen molar-refractivity contribution >= 4 is 17.5 Å². The molecule has 1 aromatic heterocycles. The number of hydrogen-bond donors (Lipinski definition) is 1. The van der Waals surface area contributed by atoms with Gasteiger partial charge in [-0.3, -0.25) is 4.79 Å². The molecule has 24 heavy (non-hydrogen) atoms. The van der Waals surface area contributed by atoms with Crippen LogP contribution in [0.15, 0.2) is 30.5 Å². The second kappa shape index (κ2) is 7.36. The first kappa shape index (κ1) is 17.0. The van der Waals surface area contributed by atoms with Gasteiger partial charge < -0.3 is 10.2 Å². The molecular weight excluding hydrogens is 324 g/mol. The van der Waals surface area contributed by atoms with Crippen LogP contribution in [0, 0.1) is 6.92 Å². The average Bonchev–Trinajstić information content (AvgIpc) is 3.22. The van der Waals surface area contributed by atoms with Crippen molar-refractivity contribution < 1.29 is 4.79 Å². The van der Waals surface area contributed by atoms with Crippen LogP contribution in [0.3, 0.4) is 0 Å². The summed E-state index contributed by atoms with van der Waals surface area (Å²) in [5.41, 5.74) is 2.26. The third-order valence-electron chi connectivity index (χ3n) is 4.52. The van der Waals surface area contributed by atoms with Gasteiger partial charge in [-0.2, -0.15) is 5.10 Å². The second-order valence-electron chi connectivity index (χ2n) is 6.15. The van der Waals surface area contributed by atoms with Crippen molar-refractivity contribution in [2.45, 2.75) is 32.7 Å². The molecule has 5 nitrogen and oxygen atoms in total. The Kier molecular flexibility index (Phi) is 5.21. The quantitative estimate of drug-likeness (QED) is 0.905. The molecule has 1 aliphatic rings. The van der Waals surface area contributed by atoms with E-state index in [1.54, 1.807) is 10.9 Å². The molecule has 0 aliphatic carbocycles. The molecule has 1 N–H and O–H groups in total. The highest BCUT2D eigenvalue weighted by Crippen LogP contribution is 2.23. The highest BCUT2D eigenvalue weighted by Gasteiger charge is 2.28. The third-order valence-corrected chi connectivity index (χ3v) is 4.84. The Balaban J connectivity index is 1.91. The van der Waals surface area contributed by atoms with E-state index in [2.05, 4.69) is 17.3 Å². The molecule has 0 saturated carbocycles. The van der Waals surface area contributed by atoms with Gasteiger partial charge >= 0.3 is 0 Å². The van der Waals surface area contributed by atoms with Crippen molar-refractivity contribution in [1.82, 2.24) is 20.0 Å². The fourth-order valence-corrected chi connectivity index (χ4v) is 3.45. The van der Waals surface area contributed by atoms with Crippen molar-refractivity contribution in [3.63, 3.8) is 0 Å². The Morgan fingerprint density at radius 3 is 2.92 bits per heavy atom. The smallest absolute Gasteiger partial charge is 0.257 e. The van der Waals surface area contributed by atoms with Crippen molar-refractivity contribution in [1.29, 1.82) is 0 Å². The van der Waals surface area contributed by atoms with Gasteiger partial charge in [-0.1, -0.05) is 30.7 Å². The van der Waals surface area contributed by atoms with E-state index >= 15 is 0 Å². The van der Waals surface area contributed by atoms with E-state index < -0.39 is 0 Å². The summed E-state index contributed by atoms with van der Waals surface area (Å²) in [5.74, 6) is 0.0568. The first-order valence-electron chi connectivity index (χ1n) is 8.44. The molecule has 1 atom stereocenters. The van der Waals surface area contributed by atoms with Crippen LogP contribution in [0.1, 0.15) is 35.8 Å². The molecule has 0 spiro atoms. The van der Waals surface area contributed by atoms with Gasteiger partial charge in [0.25, 0.3) is 5.91 Å². The van der Waals surface area contributed by atoms with Crippen LogP contribution in [-0.4, -0.2) is 46.3 Å². The summed E-state index contributed by atoms with van der Waals surface area (Å²) in [5, 5.41) is 8.36.